The molecule has 0 radical (unpaired) electrons. The first-order valence-corrected chi connectivity index (χ1v) is 3.11. The molecule has 13 heavy (non-hydrogen) atoms. The first kappa shape index (κ1) is 18.3. The first-order valence-electron chi connectivity index (χ1n) is 3.11. The maximum absolute atomic E-state index is 9.82. The van der Waals surface area contributed by atoms with Crippen molar-refractivity contribution in [3.05, 3.63) is 24.3 Å². The van der Waals surface area contributed by atoms with Gasteiger partial charge in [-0.25, -0.2) is 0 Å². The van der Waals surface area contributed by atoms with E-state index < -0.39 is 11.9 Å². The van der Waals surface area contributed by atoms with Crippen molar-refractivity contribution in [2.24, 2.45) is 5.73 Å². The molecule has 4 nitrogen and oxygen atoms in total. The van der Waals surface area contributed by atoms with Crippen LogP contribution < -0.4 is 40.4 Å². The van der Waals surface area contributed by atoms with Gasteiger partial charge in [-0.3, -0.25) is 4.79 Å². The van der Waals surface area contributed by atoms with E-state index in [2.05, 4.69) is 13.2 Å². The molecule has 0 fully saturated rings. The smallest absolute Gasteiger partial charge is 0.545 e. The predicted molar refractivity (Wildman–Crippen MR) is 43.8 cm³/mol. The van der Waals surface area contributed by atoms with Gasteiger partial charge in [0.1, 0.15) is 0 Å². The summed E-state index contributed by atoms with van der Waals surface area (Å²) in [7, 11) is 0. The van der Waals surface area contributed by atoms with Crippen LogP contribution >= 0.6 is 0 Å². The van der Waals surface area contributed by atoms with Crippen molar-refractivity contribution in [1.82, 2.24) is 0 Å². The van der Waals surface area contributed by atoms with Crippen molar-refractivity contribution in [2.45, 2.75) is 13.8 Å². The molecule has 0 aromatic heterocycles. The molecule has 0 aliphatic heterocycles. The van der Waals surface area contributed by atoms with Crippen LogP contribution in [0.4, 0.5) is 0 Å². The van der Waals surface area contributed by atoms with Gasteiger partial charge in [-0.15, -0.1) is 0 Å². The van der Waals surface area contributed by atoms with Crippen molar-refractivity contribution in [1.29, 1.82) is 0 Å². The van der Waals surface area contributed by atoms with Crippen LogP contribution in [0.5, 0.6) is 0 Å². The number of amides is 1. The molecule has 0 rings (SSSR count). The maximum Gasteiger partial charge on any atom is 1.00 e. The topological polar surface area (TPSA) is 83.2 Å². The average molecular weight is 193 g/mol. The Hall–Kier alpha value is -0.580. The van der Waals surface area contributed by atoms with E-state index in [-0.39, 0.29) is 35.1 Å². The van der Waals surface area contributed by atoms with Crippen molar-refractivity contribution in [3.8, 4) is 0 Å². The van der Waals surface area contributed by atoms with Crippen LogP contribution in [-0.4, -0.2) is 11.9 Å². The molecule has 0 unspecified atom stereocenters. The Balaban J connectivity index is -0.000000143. The quantitative estimate of drug-likeness (QED) is 0.363. The van der Waals surface area contributed by atoms with Crippen molar-refractivity contribution in [2.75, 3.05) is 0 Å². The van der Waals surface area contributed by atoms with Gasteiger partial charge in [-0.2, -0.15) is 0 Å². The number of carboxylic acid groups (broad SMARTS) is 1. The molecule has 68 valence electrons. The van der Waals surface area contributed by atoms with Gasteiger partial charge in [0.25, 0.3) is 0 Å². The van der Waals surface area contributed by atoms with E-state index in [1.807, 2.05) is 0 Å². The number of rotatable bonds is 2. The SMILES string of the molecule is C=C(C)C(=O)[O-].C=C(C)C(N)=O.[Na+]. The molecular formula is C8H12NNaO3. The van der Waals surface area contributed by atoms with Gasteiger partial charge in [-0.05, 0) is 19.4 Å². The van der Waals surface area contributed by atoms with Crippen molar-refractivity contribution >= 4 is 11.9 Å². The Kier molecular flexibility index (Phi) is 13.3. The summed E-state index contributed by atoms with van der Waals surface area (Å²) in [5, 5.41) is 9.49. The fourth-order valence-electron chi connectivity index (χ4n) is 0. The maximum atomic E-state index is 9.82. The van der Waals surface area contributed by atoms with Gasteiger partial charge in [0.2, 0.25) is 5.91 Å². The molecule has 0 spiro atoms. The van der Waals surface area contributed by atoms with Crippen LogP contribution in [-0.2, 0) is 9.59 Å². The van der Waals surface area contributed by atoms with Crippen LogP contribution in [0.2, 0.25) is 0 Å². The van der Waals surface area contributed by atoms with Gasteiger partial charge < -0.3 is 15.6 Å². The van der Waals surface area contributed by atoms with Crippen molar-refractivity contribution in [3.63, 3.8) is 0 Å². The van der Waals surface area contributed by atoms with E-state index in [9.17, 15) is 14.7 Å². The van der Waals surface area contributed by atoms with Crippen molar-refractivity contribution < 1.29 is 44.3 Å². The van der Waals surface area contributed by atoms with Gasteiger partial charge in [0, 0.05) is 5.57 Å². The average Bonchev–Trinajstić information content (AvgIpc) is 1.88. The molecule has 2 N–H and O–H groups in total. The second-order valence-corrected chi connectivity index (χ2v) is 2.21. The van der Waals surface area contributed by atoms with E-state index in [4.69, 9.17) is 5.73 Å². The van der Waals surface area contributed by atoms with Crippen LogP contribution in [0, 0.1) is 0 Å². The molecular weight excluding hydrogens is 181 g/mol. The summed E-state index contributed by atoms with van der Waals surface area (Å²) in [5.41, 5.74) is 5.16. The van der Waals surface area contributed by atoms with E-state index in [1.165, 1.54) is 6.92 Å². The minimum absolute atomic E-state index is 0. The number of primary amides is 1. The van der Waals surface area contributed by atoms with E-state index in [0.29, 0.717) is 5.57 Å². The summed E-state index contributed by atoms with van der Waals surface area (Å²) in [6.07, 6.45) is 0. The molecule has 0 aromatic carbocycles. The van der Waals surface area contributed by atoms with Crippen LogP contribution in [0.15, 0.2) is 24.3 Å². The zero-order valence-electron chi connectivity index (χ0n) is 8.22. The number of carbonyl (C=O) groups is 2. The molecule has 5 heteroatoms. The van der Waals surface area contributed by atoms with E-state index in [0.717, 1.165) is 0 Å². The molecule has 0 heterocycles. The summed E-state index contributed by atoms with van der Waals surface area (Å²) >= 11 is 0. The summed E-state index contributed by atoms with van der Waals surface area (Å²) in [6.45, 7) is 9.33. The molecule has 0 aliphatic rings. The Bertz CT molecular complexity index is 175. The molecule has 0 bridgehead atoms. The minimum atomic E-state index is -1.19. The third-order valence-corrected chi connectivity index (χ3v) is 0.769. The van der Waals surface area contributed by atoms with Crippen LogP contribution in [0.3, 0.4) is 0 Å². The predicted octanol–water partition coefficient (Wildman–Crippen LogP) is -3.64. The van der Waals surface area contributed by atoms with Gasteiger partial charge in [0.15, 0.2) is 0 Å². The van der Waals surface area contributed by atoms with Gasteiger partial charge in [-0.1, -0.05) is 13.2 Å². The first-order chi connectivity index (χ1) is 5.29. The number of hydrogen-bond donors (Lipinski definition) is 1. The summed E-state index contributed by atoms with van der Waals surface area (Å²) in [6, 6.07) is 0. The second-order valence-electron chi connectivity index (χ2n) is 2.21. The standard InChI is InChI=1S/C4H7NO.C4H6O2.Na/c2*1-3(2)4(5)6;/h1H2,2H3,(H2,5,6);1H2,2H3,(H,5,6);/q;;+1/p-1. The minimum Gasteiger partial charge on any atom is -0.545 e. The number of carbonyl (C=O) groups excluding carboxylic acids is 2. The normalized spacial score (nSPS) is 6.92. The number of hydrogen-bond acceptors (Lipinski definition) is 3. The third-order valence-electron chi connectivity index (χ3n) is 0.769. The fourth-order valence-corrected chi connectivity index (χ4v) is 0. The number of carboxylic acids is 1. The molecule has 0 atom stereocenters. The fraction of sp³-hybridized carbons (Fsp3) is 0.250. The Labute approximate surface area is 99.8 Å². The zero-order valence-corrected chi connectivity index (χ0v) is 10.2. The number of nitrogens with two attached hydrogens (primary N) is 1. The Morgan fingerprint density at radius 2 is 1.31 bits per heavy atom. The number of aliphatic carboxylic acids is 1. The molecule has 0 aromatic rings. The molecule has 1 amide bonds. The third kappa shape index (κ3) is 18.4. The molecule has 0 saturated carbocycles. The van der Waals surface area contributed by atoms with Crippen LogP contribution in [0.25, 0.3) is 0 Å². The van der Waals surface area contributed by atoms with E-state index in [1.54, 1.807) is 6.92 Å². The monoisotopic (exact) mass is 193 g/mol. The largest absolute Gasteiger partial charge is 1.00 e. The summed E-state index contributed by atoms with van der Waals surface area (Å²) in [4.78, 5) is 19.3. The Morgan fingerprint density at radius 1 is 1.15 bits per heavy atom. The molecule has 0 saturated heterocycles. The van der Waals surface area contributed by atoms with Gasteiger partial charge >= 0.3 is 29.6 Å². The van der Waals surface area contributed by atoms with Gasteiger partial charge in [0.05, 0.1) is 5.97 Å². The second kappa shape index (κ2) is 9.51. The summed E-state index contributed by atoms with van der Waals surface area (Å²) < 4.78 is 0. The van der Waals surface area contributed by atoms with E-state index >= 15 is 0 Å². The van der Waals surface area contributed by atoms with Crippen LogP contribution in [0.1, 0.15) is 13.8 Å². The zero-order chi connectivity index (χ0) is 10.3. The summed E-state index contributed by atoms with van der Waals surface area (Å²) in [5.74, 6) is -1.62. The molecule has 0 aliphatic carbocycles. The Morgan fingerprint density at radius 3 is 1.31 bits per heavy atom.